The Morgan fingerprint density at radius 3 is 2.39 bits per heavy atom. The van der Waals surface area contributed by atoms with Crippen molar-refractivity contribution in [2.24, 2.45) is 0 Å². The number of methoxy groups -OCH3 is 1. The van der Waals surface area contributed by atoms with Crippen LogP contribution in [0.15, 0.2) is 41.3 Å². The van der Waals surface area contributed by atoms with E-state index in [1.165, 1.54) is 53.0 Å². The van der Waals surface area contributed by atoms with Crippen LogP contribution in [0.4, 0.5) is 5.69 Å². The van der Waals surface area contributed by atoms with E-state index in [2.05, 4.69) is 10.6 Å². The maximum Gasteiger partial charge on any atom is 0.305 e. The Hall–Kier alpha value is -5.13. The number of carboxylic acids is 1. The van der Waals surface area contributed by atoms with Crippen LogP contribution in [0, 0.1) is 6.92 Å². The van der Waals surface area contributed by atoms with E-state index in [1.807, 2.05) is 0 Å². The lowest BCUT2D eigenvalue weighted by molar-refractivity contribution is -0.136. The molecule has 1 amide bonds. The monoisotopic (exact) mass is 564 g/mol. The van der Waals surface area contributed by atoms with Gasteiger partial charge in [-0.25, -0.2) is 0 Å². The van der Waals surface area contributed by atoms with Crippen LogP contribution in [0.25, 0.3) is 0 Å². The zero-order valence-corrected chi connectivity index (χ0v) is 22.9. The zero-order chi connectivity index (χ0) is 30.4. The van der Waals surface area contributed by atoms with Gasteiger partial charge in [0.15, 0.2) is 17.3 Å². The summed E-state index contributed by atoms with van der Waals surface area (Å²) in [5.41, 5.74) is -1.70. The summed E-state index contributed by atoms with van der Waals surface area (Å²) in [7, 11) is 1.39. The van der Waals surface area contributed by atoms with Gasteiger partial charge in [0.25, 0.3) is 5.91 Å². The maximum atomic E-state index is 14.0. The van der Waals surface area contributed by atoms with E-state index in [0.29, 0.717) is 0 Å². The number of fused-ring (bicyclic) bond motifs is 3. The van der Waals surface area contributed by atoms with Gasteiger partial charge in [-0.2, -0.15) is 0 Å². The van der Waals surface area contributed by atoms with Crippen LogP contribution in [-0.2, 0) is 19.8 Å². The van der Waals surface area contributed by atoms with Crippen LogP contribution in [0.3, 0.4) is 0 Å². The molecule has 1 aliphatic heterocycles. The van der Waals surface area contributed by atoms with Gasteiger partial charge in [0.2, 0.25) is 0 Å². The molecule has 0 spiro atoms. The molecule has 0 bridgehead atoms. The Bertz CT molecular complexity index is 1620. The molecule has 0 radical (unpaired) electrons. The smallest absolute Gasteiger partial charge is 0.305 e. The molecule has 2 aromatic carbocycles. The number of phenolic OH excluding ortho intramolecular Hbond substituents is 2. The maximum absolute atomic E-state index is 14.0. The Balaban J connectivity index is 1.77. The van der Waals surface area contributed by atoms with Crippen molar-refractivity contribution < 1.29 is 48.8 Å². The normalized spacial score (nSPS) is 18.5. The summed E-state index contributed by atoms with van der Waals surface area (Å²) in [6.07, 6.45) is 0.841. The molecular formula is C29H28N2O10. The van der Waals surface area contributed by atoms with Crippen molar-refractivity contribution in [1.82, 2.24) is 5.32 Å². The first-order chi connectivity index (χ1) is 19.2. The van der Waals surface area contributed by atoms with E-state index >= 15 is 0 Å². The van der Waals surface area contributed by atoms with Crippen molar-refractivity contribution in [3.63, 3.8) is 0 Å². The topological polar surface area (TPSA) is 189 Å². The molecule has 1 aliphatic carbocycles. The van der Waals surface area contributed by atoms with Crippen molar-refractivity contribution in [3.8, 4) is 23.0 Å². The molecular weight excluding hydrogens is 536 g/mol. The number of carboxylic acid groups (broad SMARTS) is 1. The summed E-state index contributed by atoms with van der Waals surface area (Å²) in [4.78, 5) is 62.9. The predicted molar refractivity (Wildman–Crippen MR) is 144 cm³/mol. The van der Waals surface area contributed by atoms with Crippen LogP contribution >= 0.6 is 0 Å². The number of hydrogen-bond donors (Lipinski definition) is 5. The summed E-state index contributed by atoms with van der Waals surface area (Å²) in [6, 6.07) is 4.38. The summed E-state index contributed by atoms with van der Waals surface area (Å²) < 4.78 is 11.1. The second-order valence-corrected chi connectivity index (χ2v) is 9.83. The van der Waals surface area contributed by atoms with Crippen molar-refractivity contribution in [1.29, 1.82) is 0 Å². The van der Waals surface area contributed by atoms with Crippen LogP contribution in [0.2, 0.25) is 0 Å². The average Bonchev–Trinajstić information content (AvgIpc) is 3.19. The highest BCUT2D eigenvalue weighted by Crippen LogP contribution is 2.57. The number of aromatic hydroxyl groups is 2. The third kappa shape index (κ3) is 4.66. The highest BCUT2D eigenvalue weighted by atomic mass is 16.5. The fourth-order valence-corrected chi connectivity index (χ4v) is 4.96. The number of aliphatic carboxylic acids is 1. The minimum atomic E-state index is -1.69. The van der Waals surface area contributed by atoms with Gasteiger partial charge in [0, 0.05) is 29.4 Å². The third-order valence-corrected chi connectivity index (χ3v) is 7.17. The lowest BCUT2D eigenvalue weighted by Crippen LogP contribution is -2.40. The molecule has 0 aromatic heterocycles. The van der Waals surface area contributed by atoms with Gasteiger partial charge in [-0.05, 0) is 45.9 Å². The average molecular weight is 565 g/mol. The Morgan fingerprint density at radius 2 is 1.78 bits per heavy atom. The molecule has 0 saturated heterocycles. The van der Waals surface area contributed by atoms with Crippen molar-refractivity contribution in [3.05, 3.63) is 63.6 Å². The minimum absolute atomic E-state index is 0.0201. The molecule has 0 saturated carbocycles. The van der Waals surface area contributed by atoms with Gasteiger partial charge >= 0.3 is 5.97 Å². The highest BCUT2D eigenvalue weighted by Gasteiger charge is 2.56. The van der Waals surface area contributed by atoms with Crippen LogP contribution in [0.1, 0.15) is 59.0 Å². The summed E-state index contributed by atoms with van der Waals surface area (Å²) in [5, 5.41) is 35.7. The number of benzene rings is 2. The fourth-order valence-electron chi connectivity index (χ4n) is 4.96. The molecule has 12 nitrogen and oxygen atoms in total. The number of ether oxygens (including phenoxy) is 2. The number of phenols is 2. The molecule has 4 rings (SSSR count). The quantitative estimate of drug-likeness (QED) is 0.180. The molecule has 1 unspecified atom stereocenters. The molecule has 0 fully saturated rings. The van der Waals surface area contributed by atoms with Crippen LogP contribution < -0.4 is 20.1 Å². The number of ketones is 3. The van der Waals surface area contributed by atoms with Crippen LogP contribution in [0.5, 0.6) is 23.0 Å². The van der Waals surface area contributed by atoms with Gasteiger partial charge in [0.05, 0.1) is 30.4 Å². The molecule has 12 heteroatoms. The Morgan fingerprint density at radius 1 is 1.10 bits per heavy atom. The van der Waals surface area contributed by atoms with Crippen molar-refractivity contribution in [2.75, 3.05) is 19.0 Å². The highest BCUT2D eigenvalue weighted by molar-refractivity contribution is 6.31. The SMILES string of the molecule is COc1ccc(C(=O)NCCC(=O)O)cc1NC(C)=C1C(=O)C=C2Oc3c(C(C)=O)c(O)c(C)c(O)c3C2(C)C1=O. The Labute approximate surface area is 234 Å². The molecule has 2 aliphatic rings. The van der Waals surface area contributed by atoms with Gasteiger partial charge in [-0.15, -0.1) is 0 Å². The number of amides is 1. The number of hydrogen-bond acceptors (Lipinski definition) is 10. The molecule has 214 valence electrons. The second-order valence-electron chi connectivity index (χ2n) is 9.83. The largest absolute Gasteiger partial charge is 0.507 e. The molecule has 5 N–H and O–H groups in total. The summed E-state index contributed by atoms with van der Waals surface area (Å²) in [6.45, 7) is 5.44. The molecule has 2 aromatic rings. The zero-order valence-electron chi connectivity index (χ0n) is 22.9. The third-order valence-electron chi connectivity index (χ3n) is 7.17. The number of rotatable bonds is 8. The molecule has 41 heavy (non-hydrogen) atoms. The number of Topliss-reactive ketones (excluding diaryl/α,β-unsaturated/α-hetero) is 2. The predicted octanol–water partition coefficient (Wildman–Crippen LogP) is 2.89. The first-order valence-electron chi connectivity index (χ1n) is 12.5. The van der Waals surface area contributed by atoms with Crippen molar-refractivity contribution in [2.45, 2.75) is 39.5 Å². The van der Waals surface area contributed by atoms with Gasteiger partial charge in [0.1, 0.15) is 39.7 Å². The summed E-state index contributed by atoms with van der Waals surface area (Å²) in [5.74, 6) is -4.51. The first-order valence-corrected chi connectivity index (χ1v) is 12.5. The van der Waals surface area contributed by atoms with E-state index in [9.17, 15) is 34.2 Å². The molecule has 1 heterocycles. The number of anilines is 1. The van der Waals surface area contributed by atoms with Crippen LogP contribution in [-0.4, -0.2) is 58.2 Å². The molecule has 1 atom stereocenters. The van der Waals surface area contributed by atoms with E-state index in [0.717, 1.165) is 6.08 Å². The second kappa shape index (κ2) is 10.5. The van der Waals surface area contributed by atoms with Gasteiger partial charge in [-0.1, -0.05) is 0 Å². The van der Waals surface area contributed by atoms with E-state index < -0.39 is 46.1 Å². The first kappa shape index (κ1) is 28.9. The number of carbonyl (C=O) groups is 5. The van der Waals surface area contributed by atoms with E-state index in [1.54, 1.807) is 0 Å². The lowest BCUT2D eigenvalue weighted by atomic mass is 9.70. The van der Waals surface area contributed by atoms with E-state index in [4.69, 9.17) is 14.6 Å². The number of carbonyl (C=O) groups excluding carboxylic acids is 4. The van der Waals surface area contributed by atoms with E-state index in [-0.39, 0.29) is 69.4 Å². The Kier molecular flexibility index (Phi) is 7.36. The number of nitrogens with one attached hydrogen (secondary N) is 2. The minimum Gasteiger partial charge on any atom is -0.507 e. The summed E-state index contributed by atoms with van der Waals surface area (Å²) >= 11 is 0. The van der Waals surface area contributed by atoms with Gasteiger partial charge < -0.3 is 35.4 Å². The van der Waals surface area contributed by atoms with Gasteiger partial charge in [-0.3, -0.25) is 24.0 Å². The standard InChI is InChI=1S/C29H28N2O10/c1-12-24(36)22(14(3)32)26-23(25(12)37)29(4)19(41-26)11-17(33)21(27(29)38)13(2)31-16-10-15(6-7-18(16)40-5)28(39)30-9-8-20(34)35/h6-7,10-11,31,36-37H,8-9H2,1-5H3,(H,30,39)(H,34,35). The number of allylic oxidation sites excluding steroid dienone is 4. The van der Waals surface area contributed by atoms with Crippen molar-refractivity contribution >= 4 is 34.9 Å². The fraction of sp³-hybridized carbons (Fsp3) is 0.276. The lowest BCUT2D eigenvalue weighted by Gasteiger charge is -2.29.